The molecule has 1 aliphatic heterocycles. The number of nitrogens with zero attached hydrogens (tertiary/aromatic N) is 1. The van der Waals surface area contributed by atoms with Crippen molar-refractivity contribution >= 4 is 17.6 Å². The molecule has 1 fully saturated rings. The van der Waals surface area contributed by atoms with Crippen LogP contribution >= 0.6 is 0 Å². The number of para-hydroxylation sites is 1. The number of carboxylic acids is 1. The summed E-state index contributed by atoms with van der Waals surface area (Å²) in [4.78, 5) is 24.5. The standard InChI is InChI=1S/C14H17NO3/c1-9(2)11-5-3-4-6-12(11)15-8-10(14(17)18)7-13(15)16/h3-6,9-10H,7-8H2,1-2H3,(H,17,18)/t10-/m1/s1. The number of hydrogen-bond acceptors (Lipinski definition) is 2. The zero-order valence-corrected chi connectivity index (χ0v) is 10.6. The van der Waals surface area contributed by atoms with Crippen LogP contribution in [0.4, 0.5) is 5.69 Å². The van der Waals surface area contributed by atoms with E-state index >= 15 is 0 Å². The molecule has 4 nitrogen and oxygen atoms in total. The highest BCUT2D eigenvalue weighted by atomic mass is 16.4. The van der Waals surface area contributed by atoms with E-state index in [4.69, 9.17) is 5.11 Å². The van der Waals surface area contributed by atoms with E-state index in [1.807, 2.05) is 24.3 Å². The predicted molar refractivity (Wildman–Crippen MR) is 68.6 cm³/mol. The molecule has 1 amide bonds. The van der Waals surface area contributed by atoms with Crippen molar-refractivity contribution in [1.82, 2.24) is 0 Å². The molecule has 4 heteroatoms. The van der Waals surface area contributed by atoms with Gasteiger partial charge in [-0.3, -0.25) is 9.59 Å². The summed E-state index contributed by atoms with van der Waals surface area (Å²) in [7, 11) is 0. The number of anilines is 1. The predicted octanol–water partition coefficient (Wildman–Crippen LogP) is 2.25. The summed E-state index contributed by atoms with van der Waals surface area (Å²) in [6.07, 6.45) is 0.0990. The summed E-state index contributed by atoms with van der Waals surface area (Å²) in [6, 6.07) is 7.69. The Morgan fingerprint density at radius 3 is 2.61 bits per heavy atom. The van der Waals surface area contributed by atoms with Crippen molar-refractivity contribution in [2.45, 2.75) is 26.2 Å². The van der Waals surface area contributed by atoms with Gasteiger partial charge in [0.05, 0.1) is 5.92 Å². The zero-order valence-electron chi connectivity index (χ0n) is 10.6. The van der Waals surface area contributed by atoms with Crippen LogP contribution in [0.2, 0.25) is 0 Å². The number of carbonyl (C=O) groups excluding carboxylic acids is 1. The van der Waals surface area contributed by atoms with Crippen LogP contribution in [0.15, 0.2) is 24.3 Å². The normalized spacial score (nSPS) is 19.6. The summed E-state index contributed by atoms with van der Waals surface area (Å²) in [6.45, 7) is 4.40. The number of hydrogen-bond donors (Lipinski definition) is 1. The molecule has 1 N–H and O–H groups in total. The first kappa shape index (κ1) is 12.6. The average molecular weight is 247 g/mol. The van der Waals surface area contributed by atoms with Crippen LogP contribution in [0.1, 0.15) is 31.7 Å². The molecule has 0 radical (unpaired) electrons. The smallest absolute Gasteiger partial charge is 0.308 e. The van der Waals surface area contributed by atoms with Crippen LogP contribution in [-0.4, -0.2) is 23.5 Å². The number of amides is 1. The molecular formula is C14H17NO3. The molecule has 0 aromatic heterocycles. The molecule has 0 bridgehead atoms. The molecule has 1 aromatic carbocycles. The minimum atomic E-state index is -0.895. The van der Waals surface area contributed by atoms with Crippen LogP contribution in [0.5, 0.6) is 0 Å². The third kappa shape index (κ3) is 2.23. The SMILES string of the molecule is CC(C)c1ccccc1N1C[C@H](C(=O)O)CC1=O. The highest BCUT2D eigenvalue weighted by Crippen LogP contribution is 2.31. The first-order valence-electron chi connectivity index (χ1n) is 6.12. The molecule has 1 aromatic rings. The van der Waals surface area contributed by atoms with E-state index in [1.54, 1.807) is 4.90 Å². The van der Waals surface area contributed by atoms with E-state index in [1.165, 1.54) is 0 Å². The summed E-state index contributed by atoms with van der Waals surface area (Å²) in [5, 5.41) is 9.00. The van der Waals surface area contributed by atoms with Gasteiger partial charge >= 0.3 is 5.97 Å². The topological polar surface area (TPSA) is 57.6 Å². The lowest BCUT2D eigenvalue weighted by atomic mass is 10.0. The third-order valence-corrected chi connectivity index (χ3v) is 3.32. The number of carbonyl (C=O) groups is 2. The molecule has 1 aliphatic rings. The average Bonchev–Trinajstić information content (AvgIpc) is 2.71. The first-order valence-corrected chi connectivity index (χ1v) is 6.12. The van der Waals surface area contributed by atoms with E-state index in [9.17, 15) is 9.59 Å². The van der Waals surface area contributed by atoms with Crippen LogP contribution < -0.4 is 4.90 Å². The van der Waals surface area contributed by atoms with Gasteiger partial charge in [0.25, 0.3) is 0 Å². The van der Waals surface area contributed by atoms with Crippen molar-refractivity contribution in [3.8, 4) is 0 Å². The second kappa shape index (κ2) is 4.80. The Kier molecular flexibility index (Phi) is 3.36. The lowest BCUT2D eigenvalue weighted by Crippen LogP contribution is -2.27. The maximum atomic E-state index is 11.9. The fourth-order valence-electron chi connectivity index (χ4n) is 2.33. The Bertz CT molecular complexity index is 482. The molecule has 2 rings (SSSR count). The number of carboxylic acid groups (broad SMARTS) is 1. The van der Waals surface area contributed by atoms with Gasteiger partial charge in [-0.15, -0.1) is 0 Å². The molecule has 1 saturated heterocycles. The van der Waals surface area contributed by atoms with Crippen LogP contribution in [0, 0.1) is 5.92 Å². The monoisotopic (exact) mass is 247 g/mol. The molecule has 1 heterocycles. The maximum Gasteiger partial charge on any atom is 0.308 e. The highest BCUT2D eigenvalue weighted by molar-refractivity contribution is 5.99. The molecule has 18 heavy (non-hydrogen) atoms. The van der Waals surface area contributed by atoms with Gasteiger partial charge in [0.15, 0.2) is 0 Å². The zero-order chi connectivity index (χ0) is 13.3. The van der Waals surface area contributed by atoms with Gasteiger partial charge in [0.2, 0.25) is 5.91 Å². The van der Waals surface area contributed by atoms with Crippen LogP contribution in [0.3, 0.4) is 0 Å². The minimum absolute atomic E-state index is 0.0990. The van der Waals surface area contributed by atoms with Crippen molar-refractivity contribution in [3.63, 3.8) is 0 Å². The van der Waals surface area contributed by atoms with E-state index in [2.05, 4.69) is 13.8 Å². The molecule has 0 unspecified atom stereocenters. The largest absolute Gasteiger partial charge is 0.481 e. The third-order valence-electron chi connectivity index (χ3n) is 3.32. The van der Waals surface area contributed by atoms with Crippen molar-refractivity contribution < 1.29 is 14.7 Å². The fourth-order valence-corrected chi connectivity index (χ4v) is 2.33. The van der Waals surface area contributed by atoms with Gasteiger partial charge in [0.1, 0.15) is 0 Å². The Morgan fingerprint density at radius 2 is 2.06 bits per heavy atom. The Labute approximate surface area is 106 Å². The molecule has 0 spiro atoms. The number of rotatable bonds is 3. The summed E-state index contributed by atoms with van der Waals surface area (Å²) >= 11 is 0. The summed E-state index contributed by atoms with van der Waals surface area (Å²) in [5.41, 5.74) is 1.93. The first-order chi connectivity index (χ1) is 8.50. The maximum absolute atomic E-state index is 11.9. The van der Waals surface area contributed by atoms with Gasteiger partial charge < -0.3 is 10.0 Å². The molecule has 96 valence electrons. The molecule has 1 atom stereocenters. The second-order valence-corrected chi connectivity index (χ2v) is 4.96. The van der Waals surface area contributed by atoms with Crippen molar-refractivity contribution in [3.05, 3.63) is 29.8 Å². The summed E-state index contributed by atoms with van der Waals surface area (Å²) in [5.74, 6) is -1.28. The Morgan fingerprint density at radius 1 is 1.39 bits per heavy atom. The lowest BCUT2D eigenvalue weighted by Gasteiger charge is -2.21. The van der Waals surface area contributed by atoms with E-state index in [0.29, 0.717) is 5.92 Å². The van der Waals surface area contributed by atoms with Gasteiger partial charge in [-0.2, -0.15) is 0 Å². The van der Waals surface area contributed by atoms with E-state index < -0.39 is 11.9 Å². The van der Waals surface area contributed by atoms with Crippen LogP contribution in [0.25, 0.3) is 0 Å². The number of aliphatic carboxylic acids is 1. The highest BCUT2D eigenvalue weighted by Gasteiger charge is 2.35. The number of benzene rings is 1. The Balaban J connectivity index is 2.33. The van der Waals surface area contributed by atoms with Gasteiger partial charge in [-0.1, -0.05) is 32.0 Å². The molecular weight excluding hydrogens is 230 g/mol. The Hall–Kier alpha value is -1.84. The van der Waals surface area contributed by atoms with Crippen LogP contribution in [-0.2, 0) is 9.59 Å². The molecule has 0 aliphatic carbocycles. The van der Waals surface area contributed by atoms with E-state index in [0.717, 1.165) is 11.3 Å². The lowest BCUT2D eigenvalue weighted by molar-refractivity contribution is -0.141. The van der Waals surface area contributed by atoms with Gasteiger partial charge in [0, 0.05) is 18.7 Å². The van der Waals surface area contributed by atoms with Crippen molar-refractivity contribution in [2.75, 3.05) is 11.4 Å². The fraction of sp³-hybridized carbons (Fsp3) is 0.429. The quantitative estimate of drug-likeness (QED) is 0.891. The van der Waals surface area contributed by atoms with E-state index in [-0.39, 0.29) is 18.9 Å². The van der Waals surface area contributed by atoms with Gasteiger partial charge in [-0.25, -0.2) is 0 Å². The summed E-state index contributed by atoms with van der Waals surface area (Å²) < 4.78 is 0. The van der Waals surface area contributed by atoms with Crippen molar-refractivity contribution in [2.24, 2.45) is 5.92 Å². The minimum Gasteiger partial charge on any atom is -0.481 e. The molecule has 0 saturated carbocycles. The van der Waals surface area contributed by atoms with Crippen molar-refractivity contribution in [1.29, 1.82) is 0 Å². The second-order valence-electron chi connectivity index (χ2n) is 4.96. The van der Waals surface area contributed by atoms with Gasteiger partial charge in [-0.05, 0) is 17.5 Å².